The topological polar surface area (TPSA) is 20.2 Å². The molecule has 0 aromatic rings. The highest BCUT2D eigenvalue weighted by molar-refractivity contribution is 7.99. The highest BCUT2D eigenvalue weighted by Crippen LogP contribution is 2.28. The van der Waals surface area contributed by atoms with Gasteiger partial charge in [0.1, 0.15) is 0 Å². The van der Waals surface area contributed by atoms with Crippen LogP contribution in [0.2, 0.25) is 0 Å². The van der Waals surface area contributed by atoms with Crippen molar-refractivity contribution >= 4 is 11.8 Å². The number of hydrogen-bond donors (Lipinski definition) is 1. The molecular formula is C9H18OS. The van der Waals surface area contributed by atoms with E-state index in [1.807, 2.05) is 11.8 Å². The Balaban J connectivity index is 2.32. The first-order valence-electron chi connectivity index (χ1n) is 4.47. The van der Waals surface area contributed by atoms with E-state index in [0.717, 1.165) is 0 Å². The van der Waals surface area contributed by atoms with Crippen LogP contribution in [0.5, 0.6) is 0 Å². The minimum Gasteiger partial charge on any atom is -0.393 e. The highest BCUT2D eigenvalue weighted by atomic mass is 32.2. The van der Waals surface area contributed by atoms with Crippen LogP contribution in [-0.2, 0) is 0 Å². The molecule has 0 aromatic heterocycles. The molecule has 0 saturated carbocycles. The summed E-state index contributed by atoms with van der Waals surface area (Å²) >= 11 is 2.02. The Morgan fingerprint density at radius 1 is 1.27 bits per heavy atom. The van der Waals surface area contributed by atoms with Crippen molar-refractivity contribution in [3.8, 4) is 0 Å². The van der Waals surface area contributed by atoms with Crippen molar-refractivity contribution in [1.29, 1.82) is 0 Å². The van der Waals surface area contributed by atoms with Gasteiger partial charge in [0.15, 0.2) is 0 Å². The second kappa shape index (κ2) is 4.36. The average Bonchev–Trinajstić information content (AvgIpc) is 2.05. The van der Waals surface area contributed by atoms with Gasteiger partial charge in [0.05, 0.1) is 6.10 Å². The summed E-state index contributed by atoms with van der Waals surface area (Å²) in [4.78, 5) is 0. The molecule has 1 heterocycles. The first-order chi connectivity index (χ1) is 5.22. The summed E-state index contributed by atoms with van der Waals surface area (Å²) in [5, 5.41) is 9.74. The molecule has 1 aliphatic heterocycles. The van der Waals surface area contributed by atoms with Crippen LogP contribution < -0.4 is 0 Å². The van der Waals surface area contributed by atoms with Crippen molar-refractivity contribution in [2.75, 3.05) is 11.5 Å². The van der Waals surface area contributed by atoms with Crippen molar-refractivity contribution in [3.63, 3.8) is 0 Å². The molecule has 0 amide bonds. The lowest BCUT2D eigenvalue weighted by Gasteiger charge is -2.28. The largest absolute Gasteiger partial charge is 0.393 e. The Morgan fingerprint density at radius 3 is 2.27 bits per heavy atom. The Kier molecular flexibility index (Phi) is 3.73. The van der Waals surface area contributed by atoms with Crippen LogP contribution in [0.25, 0.3) is 0 Å². The SMILES string of the molecule is CC(C)C(O)C1CCSCC1. The molecule has 1 aliphatic rings. The number of aliphatic hydroxyl groups is 1. The highest BCUT2D eigenvalue weighted by Gasteiger charge is 2.23. The van der Waals surface area contributed by atoms with Crippen LogP contribution >= 0.6 is 11.8 Å². The smallest absolute Gasteiger partial charge is 0.0591 e. The maximum atomic E-state index is 9.74. The Bertz CT molecular complexity index is 108. The Labute approximate surface area is 73.6 Å². The summed E-state index contributed by atoms with van der Waals surface area (Å²) in [6.45, 7) is 4.21. The molecule has 11 heavy (non-hydrogen) atoms. The fourth-order valence-corrected chi connectivity index (χ4v) is 2.74. The zero-order valence-corrected chi connectivity index (χ0v) is 8.23. The van der Waals surface area contributed by atoms with Gasteiger partial charge in [0.25, 0.3) is 0 Å². The molecule has 1 rings (SSSR count). The minimum absolute atomic E-state index is 0.0594. The molecule has 0 spiro atoms. The van der Waals surface area contributed by atoms with Gasteiger partial charge in [-0.2, -0.15) is 11.8 Å². The number of hydrogen-bond acceptors (Lipinski definition) is 2. The molecular weight excluding hydrogens is 156 g/mol. The van der Waals surface area contributed by atoms with Gasteiger partial charge in [-0.15, -0.1) is 0 Å². The van der Waals surface area contributed by atoms with Gasteiger partial charge < -0.3 is 5.11 Å². The number of rotatable bonds is 2. The molecule has 0 radical (unpaired) electrons. The van der Waals surface area contributed by atoms with E-state index < -0.39 is 0 Å². The quantitative estimate of drug-likeness (QED) is 0.692. The third kappa shape index (κ3) is 2.68. The fraction of sp³-hybridized carbons (Fsp3) is 1.00. The van der Waals surface area contributed by atoms with Crippen molar-refractivity contribution in [2.45, 2.75) is 32.8 Å². The molecule has 2 heteroatoms. The van der Waals surface area contributed by atoms with E-state index in [1.54, 1.807) is 0 Å². The van der Waals surface area contributed by atoms with Crippen molar-refractivity contribution in [1.82, 2.24) is 0 Å². The number of aliphatic hydroxyl groups excluding tert-OH is 1. The predicted molar refractivity (Wildman–Crippen MR) is 50.9 cm³/mol. The van der Waals surface area contributed by atoms with E-state index >= 15 is 0 Å². The lowest BCUT2D eigenvalue weighted by Crippen LogP contribution is -2.28. The normalized spacial score (nSPS) is 24.0. The van der Waals surface area contributed by atoms with Crippen molar-refractivity contribution in [3.05, 3.63) is 0 Å². The standard InChI is InChI=1S/C9H18OS/c1-7(2)9(10)8-3-5-11-6-4-8/h7-10H,3-6H2,1-2H3. The molecule has 1 atom stereocenters. The third-order valence-electron chi connectivity index (χ3n) is 2.43. The fourth-order valence-electron chi connectivity index (χ4n) is 1.60. The molecule has 0 aromatic carbocycles. The van der Waals surface area contributed by atoms with E-state index in [0.29, 0.717) is 11.8 Å². The van der Waals surface area contributed by atoms with Crippen molar-refractivity contribution in [2.24, 2.45) is 11.8 Å². The van der Waals surface area contributed by atoms with Gasteiger partial charge in [0.2, 0.25) is 0 Å². The van der Waals surface area contributed by atoms with Crippen LogP contribution in [0.15, 0.2) is 0 Å². The first kappa shape index (κ1) is 9.40. The van der Waals surface area contributed by atoms with Crippen LogP contribution in [0.3, 0.4) is 0 Å². The molecule has 0 aliphatic carbocycles. The van der Waals surface area contributed by atoms with E-state index in [1.165, 1.54) is 24.3 Å². The van der Waals surface area contributed by atoms with Gasteiger partial charge in [-0.3, -0.25) is 0 Å². The van der Waals surface area contributed by atoms with Gasteiger partial charge in [0, 0.05) is 0 Å². The first-order valence-corrected chi connectivity index (χ1v) is 5.63. The van der Waals surface area contributed by atoms with Crippen molar-refractivity contribution < 1.29 is 5.11 Å². The van der Waals surface area contributed by atoms with Crippen LogP contribution in [-0.4, -0.2) is 22.7 Å². The van der Waals surface area contributed by atoms with Gasteiger partial charge in [-0.1, -0.05) is 13.8 Å². The molecule has 1 unspecified atom stereocenters. The maximum Gasteiger partial charge on any atom is 0.0591 e. The van der Waals surface area contributed by atoms with Gasteiger partial charge >= 0.3 is 0 Å². The lowest BCUT2D eigenvalue weighted by atomic mass is 9.89. The summed E-state index contributed by atoms with van der Waals surface area (Å²) in [5.41, 5.74) is 0. The summed E-state index contributed by atoms with van der Waals surface area (Å²) < 4.78 is 0. The molecule has 66 valence electrons. The van der Waals surface area contributed by atoms with Gasteiger partial charge in [-0.05, 0) is 36.2 Å². The minimum atomic E-state index is -0.0594. The average molecular weight is 174 g/mol. The monoisotopic (exact) mass is 174 g/mol. The maximum absolute atomic E-state index is 9.74. The van der Waals surface area contributed by atoms with Crippen LogP contribution in [0.1, 0.15) is 26.7 Å². The molecule has 1 fully saturated rings. The second-order valence-electron chi connectivity index (χ2n) is 3.68. The summed E-state index contributed by atoms with van der Waals surface area (Å²) in [5.74, 6) is 3.50. The summed E-state index contributed by atoms with van der Waals surface area (Å²) in [6, 6.07) is 0. The Hall–Kier alpha value is 0.310. The second-order valence-corrected chi connectivity index (χ2v) is 4.91. The van der Waals surface area contributed by atoms with Gasteiger partial charge in [-0.25, -0.2) is 0 Å². The van der Waals surface area contributed by atoms with Crippen LogP contribution in [0, 0.1) is 11.8 Å². The molecule has 1 nitrogen and oxygen atoms in total. The molecule has 0 bridgehead atoms. The van der Waals surface area contributed by atoms with E-state index in [2.05, 4.69) is 13.8 Å². The molecule has 1 N–H and O–H groups in total. The zero-order valence-electron chi connectivity index (χ0n) is 7.42. The Morgan fingerprint density at radius 2 is 1.82 bits per heavy atom. The summed E-state index contributed by atoms with van der Waals surface area (Å²) in [7, 11) is 0. The number of thioether (sulfide) groups is 1. The summed E-state index contributed by atoms with van der Waals surface area (Å²) in [6.07, 6.45) is 2.37. The van der Waals surface area contributed by atoms with Crippen LogP contribution in [0.4, 0.5) is 0 Å². The van der Waals surface area contributed by atoms with E-state index in [9.17, 15) is 5.11 Å². The predicted octanol–water partition coefficient (Wildman–Crippen LogP) is 2.15. The van der Waals surface area contributed by atoms with E-state index in [4.69, 9.17) is 0 Å². The third-order valence-corrected chi connectivity index (χ3v) is 3.48. The zero-order chi connectivity index (χ0) is 8.27. The lowest BCUT2D eigenvalue weighted by molar-refractivity contribution is 0.0604. The van der Waals surface area contributed by atoms with E-state index in [-0.39, 0.29) is 6.10 Å². The molecule has 1 saturated heterocycles.